The van der Waals surface area contributed by atoms with Gasteiger partial charge in [0.25, 0.3) is 5.91 Å². The molecule has 1 heterocycles. The van der Waals surface area contributed by atoms with Crippen molar-refractivity contribution in [3.05, 3.63) is 40.8 Å². The van der Waals surface area contributed by atoms with Crippen LogP contribution >= 0.6 is 11.8 Å². The largest absolute Gasteiger partial charge is 0.504 e. The maximum absolute atomic E-state index is 11.9. The molecule has 1 aromatic rings. The minimum absolute atomic E-state index is 0.0511. The van der Waals surface area contributed by atoms with Crippen molar-refractivity contribution in [1.29, 1.82) is 0 Å². The predicted molar refractivity (Wildman–Crippen MR) is 90.4 cm³/mol. The second-order valence-electron chi connectivity index (χ2n) is 4.74. The lowest BCUT2D eigenvalue weighted by atomic mass is 10.1. The Labute approximate surface area is 137 Å². The van der Waals surface area contributed by atoms with E-state index >= 15 is 0 Å². The van der Waals surface area contributed by atoms with Crippen LogP contribution < -0.4 is 10.1 Å². The van der Waals surface area contributed by atoms with Gasteiger partial charge in [-0.2, -0.15) is 4.99 Å². The van der Waals surface area contributed by atoms with Crippen LogP contribution in [0.2, 0.25) is 0 Å². The molecule has 2 N–H and O–H groups in total. The van der Waals surface area contributed by atoms with E-state index in [4.69, 9.17) is 4.74 Å². The number of phenolic OH excluding ortho intramolecular Hbond substituents is 1. The summed E-state index contributed by atoms with van der Waals surface area (Å²) in [4.78, 5) is 27.0. The number of thioether (sulfide) groups is 1. The third-order valence-corrected chi connectivity index (χ3v) is 3.86. The van der Waals surface area contributed by atoms with Gasteiger partial charge in [0.15, 0.2) is 16.7 Å². The van der Waals surface area contributed by atoms with Gasteiger partial charge in [-0.05, 0) is 42.0 Å². The van der Waals surface area contributed by atoms with Crippen molar-refractivity contribution in [3.63, 3.8) is 0 Å². The number of ether oxygens (including phenoxy) is 1. The Hall–Kier alpha value is -2.54. The molecule has 1 aliphatic heterocycles. The Morgan fingerprint density at radius 2 is 2.26 bits per heavy atom. The number of carbonyl (C=O) groups is 2. The number of amidine groups is 1. The first-order valence-corrected chi connectivity index (χ1v) is 7.57. The molecule has 0 spiro atoms. The number of phenols is 1. The fourth-order valence-corrected chi connectivity index (χ4v) is 2.86. The number of hydrogen-bond acceptors (Lipinski definition) is 5. The van der Waals surface area contributed by atoms with Crippen LogP contribution in [0.5, 0.6) is 11.5 Å². The Kier molecular flexibility index (Phi) is 5.23. The van der Waals surface area contributed by atoms with Gasteiger partial charge in [0.1, 0.15) is 0 Å². The first-order chi connectivity index (χ1) is 10.9. The highest BCUT2D eigenvalue weighted by Gasteiger charge is 2.22. The summed E-state index contributed by atoms with van der Waals surface area (Å²) in [6.45, 7) is 5.00. The summed E-state index contributed by atoms with van der Waals surface area (Å²) >= 11 is 1.08. The molecule has 2 amide bonds. The second-order valence-corrected chi connectivity index (χ2v) is 5.77. The van der Waals surface area contributed by atoms with Gasteiger partial charge in [-0.1, -0.05) is 6.08 Å². The van der Waals surface area contributed by atoms with Crippen LogP contribution in [0.3, 0.4) is 0 Å². The molecule has 120 valence electrons. The maximum Gasteiger partial charge on any atom is 0.286 e. The number of nitrogens with zero attached hydrogens (tertiary/aromatic N) is 1. The summed E-state index contributed by atoms with van der Waals surface area (Å²) in [6.07, 6.45) is 3.77. The van der Waals surface area contributed by atoms with Gasteiger partial charge in [0.2, 0.25) is 5.91 Å². The topological polar surface area (TPSA) is 88.0 Å². The number of carbonyl (C=O) groups excluding carboxylic acids is 2. The first-order valence-electron chi connectivity index (χ1n) is 6.75. The van der Waals surface area contributed by atoms with E-state index in [2.05, 4.69) is 16.9 Å². The van der Waals surface area contributed by atoms with Crippen molar-refractivity contribution >= 4 is 34.8 Å². The molecule has 1 aromatic carbocycles. The van der Waals surface area contributed by atoms with E-state index in [-0.39, 0.29) is 16.8 Å². The number of hydrogen-bond donors (Lipinski definition) is 2. The number of amides is 2. The van der Waals surface area contributed by atoms with Crippen LogP contribution in [0.25, 0.3) is 6.08 Å². The Bertz CT molecular complexity index is 738. The Balaban J connectivity index is 2.33. The number of rotatable bonds is 4. The van der Waals surface area contributed by atoms with E-state index in [1.165, 1.54) is 14.0 Å². The second kappa shape index (κ2) is 7.15. The van der Waals surface area contributed by atoms with Crippen LogP contribution in [0.1, 0.15) is 18.1 Å². The van der Waals surface area contributed by atoms with Crippen molar-refractivity contribution < 1.29 is 19.4 Å². The minimum atomic E-state index is -0.420. The number of aliphatic imine (C=N–C) groups is 1. The first kappa shape index (κ1) is 16.8. The molecule has 23 heavy (non-hydrogen) atoms. The molecule has 1 aliphatic rings. The summed E-state index contributed by atoms with van der Waals surface area (Å²) in [6, 6.07) is 3.37. The number of benzene rings is 1. The molecule has 0 aliphatic carbocycles. The van der Waals surface area contributed by atoms with Gasteiger partial charge < -0.3 is 15.2 Å². The average Bonchev–Trinajstić information content (AvgIpc) is 2.81. The third-order valence-electron chi connectivity index (χ3n) is 2.96. The average molecular weight is 332 g/mol. The molecule has 7 heteroatoms. The van der Waals surface area contributed by atoms with E-state index in [1.807, 2.05) is 0 Å². The summed E-state index contributed by atoms with van der Waals surface area (Å²) in [5, 5.41) is 12.8. The monoisotopic (exact) mass is 332 g/mol. The maximum atomic E-state index is 11.9. The van der Waals surface area contributed by atoms with Gasteiger partial charge in [-0.15, -0.1) is 6.58 Å². The van der Waals surface area contributed by atoms with E-state index in [0.717, 1.165) is 11.8 Å². The van der Waals surface area contributed by atoms with Crippen LogP contribution in [0, 0.1) is 0 Å². The van der Waals surface area contributed by atoms with Gasteiger partial charge in [-0.3, -0.25) is 9.59 Å². The molecule has 0 aromatic heterocycles. The molecule has 0 radical (unpaired) electrons. The zero-order valence-corrected chi connectivity index (χ0v) is 13.6. The SMILES string of the molecule is C=CCc1cc(/C=C2/SC(NC(C)=O)=NC2=O)cc(OC)c1O. The number of aromatic hydroxyl groups is 1. The quantitative estimate of drug-likeness (QED) is 0.652. The van der Waals surface area contributed by atoms with Gasteiger partial charge in [0.05, 0.1) is 12.0 Å². The van der Waals surface area contributed by atoms with Crippen LogP contribution in [-0.4, -0.2) is 29.2 Å². The zero-order valence-electron chi connectivity index (χ0n) is 12.8. The van der Waals surface area contributed by atoms with Crippen molar-refractivity contribution in [3.8, 4) is 11.5 Å². The fourth-order valence-electron chi connectivity index (χ4n) is 2.00. The van der Waals surface area contributed by atoms with Crippen molar-refractivity contribution in [1.82, 2.24) is 5.32 Å². The van der Waals surface area contributed by atoms with E-state index in [9.17, 15) is 14.7 Å². The highest BCUT2D eigenvalue weighted by molar-refractivity contribution is 8.18. The molecule has 6 nitrogen and oxygen atoms in total. The Morgan fingerprint density at radius 1 is 1.52 bits per heavy atom. The van der Waals surface area contributed by atoms with Crippen molar-refractivity contribution in [2.45, 2.75) is 13.3 Å². The van der Waals surface area contributed by atoms with E-state index in [1.54, 1.807) is 24.3 Å². The predicted octanol–water partition coefficient (Wildman–Crippen LogP) is 2.24. The van der Waals surface area contributed by atoms with Crippen molar-refractivity contribution in [2.24, 2.45) is 4.99 Å². The third kappa shape index (κ3) is 4.01. The summed E-state index contributed by atoms with van der Waals surface area (Å²) < 4.78 is 5.15. The molecule has 0 saturated heterocycles. The summed E-state index contributed by atoms with van der Waals surface area (Å²) in [7, 11) is 1.46. The molecule has 2 rings (SSSR count). The molecular formula is C16H16N2O4S. The fraction of sp³-hybridized carbons (Fsp3) is 0.188. The van der Waals surface area contributed by atoms with Gasteiger partial charge in [0, 0.05) is 12.5 Å². The molecule has 0 bridgehead atoms. The lowest BCUT2D eigenvalue weighted by Gasteiger charge is -2.09. The minimum Gasteiger partial charge on any atom is -0.504 e. The standard InChI is InChI=1S/C16H16N2O4S/c1-4-5-11-6-10(7-12(22-3)14(11)20)8-13-15(21)18-16(23-13)17-9(2)19/h4,6-8,20H,1,5H2,2-3H3,(H,17,18,19,21)/b13-8+. The van der Waals surface area contributed by atoms with Gasteiger partial charge in [-0.25, -0.2) is 0 Å². The summed E-state index contributed by atoms with van der Waals surface area (Å²) in [5.41, 5.74) is 1.33. The normalized spacial score (nSPS) is 15.5. The lowest BCUT2D eigenvalue weighted by Crippen LogP contribution is -2.23. The molecular weight excluding hydrogens is 316 g/mol. The Morgan fingerprint density at radius 3 is 2.87 bits per heavy atom. The van der Waals surface area contributed by atoms with E-state index < -0.39 is 5.91 Å². The summed E-state index contributed by atoms with van der Waals surface area (Å²) in [5.74, 6) is -0.342. The lowest BCUT2D eigenvalue weighted by molar-refractivity contribution is -0.117. The number of methoxy groups -OCH3 is 1. The van der Waals surface area contributed by atoms with Crippen LogP contribution in [0.4, 0.5) is 0 Å². The smallest absolute Gasteiger partial charge is 0.286 e. The highest BCUT2D eigenvalue weighted by Crippen LogP contribution is 2.34. The number of allylic oxidation sites excluding steroid dienone is 1. The molecule has 0 atom stereocenters. The molecule has 0 saturated carbocycles. The highest BCUT2D eigenvalue weighted by atomic mass is 32.2. The van der Waals surface area contributed by atoms with Crippen LogP contribution in [0.15, 0.2) is 34.7 Å². The van der Waals surface area contributed by atoms with Crippen molar-refractivity contribution in [2.75, 3.05) is 7.11 Å². The van der Waals surface area contributed by atoms with Crippen LogP contribution in [-0.2, 0) is 16.0 Å². The van der Waals surface area contributed by atoms with E-state index in [0.29, 0.717) is 28.2 Å². The molecule has 0 fully saturated rings. The molecule has 0 unspecified atom stereocenters. The van der Waals surface area contributed by atoms with Gasteiger partial charge >= 0.3 is 0 Å². The zero-order chi connectivity index (χ0) is 17.0. The number of nitrogens with one attached hydrogen (secondary N) is 1.